The van der Waals surface area contributed by atoms with E-state index in [0.29, 0.717) is 22.2 Å². The van der Waals surface area contributed by atoms with Crippen molar-refractivity contribution in [3.63, 3.8) is 0 Å². The number of fused-ring (bicyclic) bond motifs is 4. The molecule has 4 aromatic rings. The van der Waals surface area contributed by atoms with Crippen molar-refractivity contribution in [3.05, 3.63) is 98.7 Å². The van der Waals surface area contributed by atoms with Crippen LogP contribution in [0.3, 0.4) is 0 Å². The number of nitrogens with one attached hydrogen (secondary N) is 1. The number of allylic oxidation sites excluding steroid dienone is 4. The number of Topliss-reactive ketones (excluding diaryl/α,β-unsaturated/α-hetero) is 2. The maximum Gasteiger partial charge on any atom is 0.200 e. The number of benzene rings is 3. The van der Waals surface area contributed by atoms with E-state index in [1.54, 1.807) is 31.2 Å². The quantitative estimate of drug-likeness (QED) is 0.144. The fraction of sp³-hybridized carbons (Fsp3) is 0.152. The van der Waals surface area contributed by atoms with Gasteiger partial charge in [0.15, 0.2) is 22.8 Å². The Morgan fingerprint density at radius 2 is 1.65 bits per heavy atom. The van der Waals surface area contributed by atoms with Crippen LogP contribution in [0.4, 0.5) is 5.69 Å². The number of anilines is 1. The molecule has 2 heterocycles. The molecule has 0 bridgehead atoms. The fourth-order valence-corrected chi connectivity index (χ4v) is 5.69. The second kappa shape index (κ2) is 9.45. The van der Waals surface area contributed by atoms with Gasteiger partial charge in [-0.05, 0) is 57.5 Å². The average Bonchev–Trinajstić information content (AvgIpc) is 3.25. The van der Waals surface area contributed by atoms with E-state index in [9.17, 15) is 34.5 Å². The molecule has 0 fully saturated rings. The molecule has 0 saturated carbocycles. The molecule has 1 atom stereocenters. The van der Waals surface area contributed by atoms with E-state index in [1.165, 1.54) is 45.2 Å². The molecule has 1 aliphatic heterocycles. The zero-order valence-electron chi connectivity index (χ0n) is 23.5. The molecule has 6 rings (SSSR count). The van der Waals surface area contributed by atoms with Gasteiger partial charge >= 0.3 is 0 Å². The molecule has 1 aliphatic carbocycles. The minimum absolute atomic E-state index is 0.0100. The standard InChI is InChI=1S/C33H25NO9/c1-14-28(38)26(16(3)35)31-27(29(14)39)33(4)24(43-31)12-22(37)25(32(33)41)15(2)34-18-7-5-17(6-8-18)21-13-42-23-11-19(36)9-10-20(23)30(21)40/h5-13,34,36,38-39H,1-4H3/b25-15+/t33-/m0/s1. The molecule has 0 unspecified atom stereocenters. The highest BCUT2D eigenvalue weighted by Crippen LogP contribution is 2.57. The number of aromatic hydroxyl groups is 3. The lowest BCUT2D eigenvalue weighted by Crippen LogP contribution is -2.40. The molecule has 0 spiro atoms. The van der Waals surface area contributed by atoms with E-state index in [4.69, 9.17) is 9.15 Å². The summed E-state index contributed by atoms with van der Waals surface area (Å²) in [6.45, 7) is 5.71. The largest absolute Gasteiger partial charge is 0.508 e. The lowest BCUT2D eigenvalue weighted by molar-refractivity contribution is -0.123. The van der Waals surface area contributed by atoms with Gasteiger partial charge in [-0.1, -0.05) is 12.1 Å². The summed E-state index contributed by atoms with van der Waals surface area (Å²) < 4.78 is 11.3. The van der Waals surface area contributed by atoms with Crippen molar-refractivity contribution in [2.45, 2.75) is 33.1 Å². The van der Waals surface area contributed by atoms with Gasteiger partial charge in [-0.15, -0.1) is 0 Å². The Balaban J connectivity index is 1.36. The number of ether oxygens (including phenoxy) is 1. The first-order valence-electron chi connectivity index (χ1n) is 13.3. The Labute approximate surface area is 244 Å². The summed E-state index contributed by atoms with van der Waals surface area (Å²) in [7, 11) is 0. The maximum atomic E-state index is 14.0. The molecule has 0 saturated heterocycles. The first-order chi connectivity index (χ1) is 20.3. The van der Waals surface area contributed by atoms with Crippen LogP contribution in [0, 0.1) is 6.92 Å². The third-order valence-electron chi connectivity index (χ3n) is 8.05. The Morgan fingerprint density at radius 1 is 0.953 bits per heavy atom. The number of hydrogen-bond acceptors (Lipinski definition) is 10. The lowest BCUT2D eigenvalue weighted by atomic mass is 9.70. The molecule has 10 heteroatoms. The predicted octanol–water partition coefficient (Wildman–Crippen LogP) is 5.16. The number of carbonyl (C=O) groups is 3. The van der Waals surface area contributed by atoms with E-state index < -0.39 is 34.3 Å². The Kier molecular flexibility index (Phi) is 6.05. The highest BCUT2D eigenvalue weighted by Gasteiger charge is 2.56. The van der Waals surface area contributed by atoms with Crippen molar-refractivity contribution < 1.29 is 38.9 Å². The zero-order valence-corrected chi connectivity index (χ0v) is 23.5. The zero-order chi connectivity index (χ0) is 31.0. The molecule has 43 heavy (non-hydrogen) atoms. The molecular formula is C33H25NO9. The first kappa shape index (κ1) is 27.5. The van der Waals surface area contributed by atoms with E-state index >= 15 is 0 Å². The predicted molar refractivity (Wildman–Crippen MR) is 156 cm³/mol. The number of carbonyl (C=O) groups excluding carboxylic acids is 3. The van der Waals surface area contributed by atoms with Gasteiger partial charge in [-0.3, -0.25) is 19.2 Å². The van der Waals surface area contributed by atoms with Crippen LogP contribution in [0.25, 0.3) is 22.1 Å². The fourth-order valence-electron chi connectivity index (χ4n) is 5.69. The number of hydrogen-bond donors (Lipinski definition) is 4. The van der Waals surface area contributed by atoms with Crippen molar-refractivity contribution in [1.29, 1.82) is 0 Å². The Bertz CT molecular complexity index is 2070. The van der Waals surface area contributed by atoms with Gasteiger partial charge < -0.3 is 29.8 Å². The molecule has 10 nitrogen and oxygen atoms in total. The third kappa shape index (κ3) is 3.94. The van der Waals surface area contributed by atoms with Crippen LogP contribution in [-0.2, 0) is 15.0 Å². The average molecular weight is 580 g/mol. The van der Waals surface area contributed by atoms with Crippen molar-refractivity contribution in [1.82, 2.24) is 0 Å². The summed E-state index contributed by atoms with van der Waals surface area (Å²) >= 11 is 0. The van der Waals surface area contributed by atoms with Crippen LogP contribution in [-0.4, -0.2) is 32.7 Å². The topological polar surface area (TPSA) is 163 Å². The van der Waals surface area contributed by atoms with Gasteiger partial charge in [-0.2, -0.15) is 0 Å². The molecular weight excluding hydrogens is 554 g/mol. The summed E-state index contributed by atoms with van der Waals surface area (Å²) in [4.78, 5) is 52.6. The molecule has 1 aromatic heterocycles. The summed E-state index contributed by atoms with van der Waals surface area (Å²) in [5.74, 6) is -2.88. The Morgan fingerprint density at radius 3 is 2.33 bits per heavy atom. The summed E-state index contributed by atoms with van der Waals surface area (Å²) in [5, 5.41) is 34.5. The van der Waals surface area contributed by atoms with Gasteiger partial charge in [0.25, 0.3) is 0 Å². The SMILES string of the molecule is CC(=O)c1c(O)c(C)c(O)c2c1OC1=CC(=O)/C(=C(/C)Nc3ccc(-c4coc5cc(O)ccc5c4=O)cc3)C(=O)[C@@]12C. The molecule has 0 radical (unpaired) electrons. The van der Waals surface area contributed by atoms with Crippen LogP contribution in [0.15, 0.2) is 81.0 Å². The Hall–Kier alpha value is -5.64. The second-order valence-electron chi connectivity index (χ2n) is 10.7. The highest BCUT2D eigenvalue weighted by molar-refractivity contribution is 6.31. The summed E-state index contributed by atoms with van der Waals surface area (Å²) in [6, 6.07) is 11.0. The molecule has 3 aromatic carbocycles. The number of ketones is 3. The molecule has 2 aliphatic rings. The third-order valence-corrected chi connectivity index (χ3v) is 8.05. The van der Waals surface area contributed by atoms with Crippen molar-refractivity contribution >= 4 is 34.0 Å². The van der Waals surface area contributed by atoms with Crippen LogP contribution in [0.1, 0.15) is 42.3 Å². The minimum atomic E-state index is -1.63. The van der Waals surface area contributed by atoms with Gasteiger partial charge in [0.2, 0.25) is 0 Å². The van der Waals surface area contributed by atoms with E-state index in [1.807, 2.05) is 0 Å². The minimum Gasteiger partial charge on any atom is -0.508 e. The number of phenols is 3. The molecule has 0 amide bonds. The lowest BCUT2D eigenvalue weighted by Gasteiger charge is -2.29. The first-order valence-corrected chi connectivity index (χ1v) is 13.3. The van der Waals surface area contributed by atoms with Crippen LogP contribution >= 0.6 is 0 Å². The number of phenolic OH excluding ortho intramolecular Hbond substituents is 3. The van der Waals surface area contributed by atoms with Crippen molar-refractivity contribution in [3.8, 4) is 34.1 Å². The highest BCUT2D eigenvalue weighted by atomic mass is 16.5. The van der Waals surface area contributed by atoms with Crippen LogP contribution in [0.2, 0.25) is 0 Å². The van der Waals surface area contributed by atoms with E-state index in [0.717, 1.165) is 6.08 Å². The maximum absolute atomic E-state index is 14.0. The second-order valence-corrected chi connectivity index (χ2v) is 10.7. The van der Waals surface area contributed by atoms with Crippen LogP contribution in [0.5, 0.6) is 23.0 Å². The van der Waals surface area contributed by atoms with Crippen molar-refractivity contribution in [2.75, 3.05) is 5.32 Å². The molecule has 216 valence electrons. The van der Waals surface area contributed by atoms with Gasteiger partial charge in [0.1, 0.15) is 51.6 Å². The van der Waals surface area contributed by atoms with Gasteiger partial charge in [0.05, 0.1) is 22.1 Å². The smallest absolute Gasteiger partial charge is 0.200 e. The summed E-state index contributed by atoms with van der Waals surface area (Å²) in [5.41, 5.74) is -0.319. The van der Waals surface area contributed by atoms with Gasteiger partial charge in [-0.25, -0.2) is 0 Å². The molecule has 4 N–H and O–H groups in total. The van der Waals surface area contributed by atoms with Gasteiger partial charge in [0, 0.05) is 29.1 Å². The number of rotatable bonds is 4. The van der Waals surface area contributed by atoms with Crippen LogP contribution < -0.4 is 15.5 Å². The van der Waals surface area contributed by atoms with Crippen molar-refractivity contribution in [2.24, 2.45) is 0 Å². The monoisotopic (exact) mass is 579 g/mol. The van der Waals surface area contributed by atoms with E-state index in [2.05, 4.69) is 5.32 Å². The van der Waals surface area contributed by atoms with E-state index in [-0.39, 0.29) is 56.2 Å². The normalized spacial score (nSPS) is 18.6. The summed E-state index contributed by atoms with van der Waals surface area (Å²) in [6.07, 6.45) is 2.47.